The molecule has 170 valence electrons. The molecule has 0 unspecified atom stereocenters. The molecule has 0 saturated heterocycles. The monoisotopic (exact) mass is 467 g/mol. The smallest absolute Gasteiger partial charge is 0.212 e. The third kappa shape index (κ3) is 7.40. The van der Waals surface area contributed by atoms with Gasteiger partial charge in [-0.15, -0.1) is 12.6 Å². The van der Waals surface area contributed by atoms with E-state index in [2.05, 4.69) is 46.1 Å². The summed E-state index contributed by atoms with van der Waals surface area (Å²) in [7, 11) is 1.83. The molecule has 4 rings (SSSR count). The molecule has 0 aliphatic carbocycles. The van der Waals surface area contributed by atoms with Crippen LogP contribution < -0.4 is 5.32 Å². The number of nitrogens with zero attached hydrogens (tertiary/aromatic N) is 4. The first kappa shape index (κ1) is 24.4. The zero-order valence-corrected chi connectivity index (χ0v) is 19.6. The standard InChI is InChI=1S/C15H15N5O.C12H10S/c1-20(10-12-2-4-14(21)5-3-12)15(18-11-16)19-13-6-8-17-9-7-13;13-12-9-5-4-8-11(12)10-6-2-1-3-7-10/h2-9,21H,10H2,1H3,(H,17,18,19);1-9,13H. The van der Waals surface area contributed by atoms with Gasteiger partial charge in [0.1, 0.15) is 5.75 Å². The molecule has 6 nitrogen and oxygen atoms in total. The van der Waals surface area contributed by atoms with Gasteiger partial charge in [0, 0.05) is 30.9 Å². The fraction of sp³-hybridized carbons (Fsp3) is 0.0741. The van der Waals surface area contributed by atoms with Crippen molar-refractivity contribution in [2.45, 2.75) is 11.4 Å². The molecule has 3 aromatic carbocycles. The molecule has 1 aromatic heterocycles. The number of pyridine rings is 1. The van der Waals surface area contributed by atoms with Gasteiger partial charge in [0.25, 0.3) is 0 Å². The Morgan fingerprint density at radius 2 is 1.62 bits per heavy atom. The van der Waals surface area contributed by atoms with E-state index >= 15 is 0 Å². The number of hydrogen-bond donors (Lipinski definition) is 3. The lowest BCUT2D eigenvalue weighted by atomic mass is 10.1. The highest BCUT2D eigenvalue weighted by Gasteiger charge is 2.07. The number of thiol groups is 1. The number of aromatic hydroxyl groups is 1. The second-order valence-electron chi connectivity index (χ2n) is 7.28. The molecule has 0 spiro atoms. The maximum atomic E-state index is 9.28. The molecule has 0 saturated carbocycles. The predicted molar refractivity (Wildman–Crippen MR) is 139 cm³/mol. The highest BCUT2D eigenvalue weighted by Crippen LogP contribution is 2.25. The first-order chi connectivity index (χ1) is 16.6. The van der Waals surface area contributed by atoms with E-state index in [0.717, 1.165) is 10.5 Å². The molecule has 7 heteroatoms. The number of hydrogen-bond acceptors (Lipinski definition) is 5. The fourth-order valence-electron chi connectivity index (χ4n) is 3.09. The number of benzene rings is 3. The number of phenolic OH excluding ortho intramolecular Hbond substituents is 1. The van der Waals surface area contributed by atoms with Gasteiger partial charge in [-0.3, -0.25) is 10.3 Å². The van der Waals surface area contributed by atoms with Crippen LogP contribution in [0.2, 0.25) is 0 Å². The molecular weight excluding hydrogens is 442 g/mol. The number of rotatable bonds is 4. The molecule has 0 aliphatic rings. The molecule has 34 heavy (non-hydrogen) atoms. The molecule has 0 fully saturated rings. The maximum absolute atomic E-state index is 9.28. The van der Waals surface area contributed by atoms with E-state index in [1.807, 2.05) is 66.7 Å². The summed E-state index contributed by atoms with van der Waals surface area (Å²) >= 11 is 4.41. The van der Waals surface area contributed by atoms with Crippen molar-refractivity contribution in [2.24, 2.45) is 4.99 Å². The van der Waals surface area contributed by atoms with Crippen LogP contribution in [-0.4, -0.2) is 28.0 Å². The number of aliphatic imine (C=N–C) groups is 1. The Bertz CT molecular complexity index is 1240. The van der Waals surface area contributed by atoms with Gasteiger partial charge in [-0.25, -0.2) is 4.99 Å². The molecule has 0 amide bonds. The quantitative estimate of drug-likeness (QED) is 0.119. The van der Waals surface area contributed by atoms with Crippen LogP contribution in [-0.2, 0) is 6.54 Å². The van der Waals surface area contributed by atoms with Gasteiger partial charge in [0.2, 0.25) is 5.96 Å². The molecule has 0 bridgehead atoms. The average molecular weight is 468 g/mol. The van der Waals surface area contributed by atoms with Crippen molar-refractivity contribution in [2.75, 3.05) is 7.05 Å². The van der Waals surface area contributed by atoms with E-state index in [9.17, 15) is 5.11 Å². The summed E-state index contributed by atoms with van der Waals surface area (Å²) in [6, 6.07) is 28.8. The summed E-state index contributed by atoms with van der Waals surface area (Å²) in [5, 5.41) is 20.7. The van der Waals surface area contributed by atoms with Gasteiger partial charge in [-0.2, -0.15) is 5.26 Å². The van der Waals surface area contributed by atoms with E-state index in [4.69, 9.17) is 5.26 Å². The van der Waals surface area contributed by atoms with E-state index in [0.29, 0.717) is 18.2 Å². The third-order valence-electron chi connectivity index (χ3n) is 4.77. The average Bonchev–Trinajstić information content (AvgIpc) is 2.87. The van der Waals surface area contributed by atoms with E-state index in [-0.39, 0.29) is 5.75 Å². The van der Waals surface area contributed by atoms with Gasteiger partial charge in [0.05, 0.1) is 5.69 Å². The Balaban J connectivity index is 0.000000212. The largest absolute Gasteiger partial charge is 0.508 e. The molecule has 0 aliphatic heterocycles. The SMILES string of the molecule is CN(Cc1ccc(O)cc1)C(=Nc1ccncc1)NC#N.Sc1ccccc1-c1ccccc1. The van der Waals surface area contributed by atoms with Crippen molar-refractivity contribution >= 4 is 24.3 Å². The van der Waals surface area contributed by atoms with Gasteiger partial charge in [-0.1, -0.05) is 60.7 Å². The van der Waals surface area contributed by atoms with Gasteiger partial charge >= 0.3 is 0 Å². The molecule has 0 atom stereocenters. The van der Waals surface area contributed by atoms with Gasteiger partial charge < -0.3 is 10.0 Å². The number of guanidine groups is 1. The second kappa shape index (κ2) is 12.7. The van der Waals surface area contributed by atoms with Crippen LogP contribution in [0, 0.1) is 11.5 Å². The van der Waals surface area contributed by atoms with Crippen LogP contribution in [0.3, 0.4) is 0 Å². The number of aromatic nitrogens is 1. The normalized spacial score (nSPS) is 10.4. The van der Waals surface area contributed by atoms with E-state index in [1.165, 1.54) is 11.1 Å². The topological polar surface area (TPSA) is 84.5 Å². The van der Waals surface area contributed by atoms with Crippen LogP contribution in [0.4, 0.5) is 5.69 Å². The minimum Gasteiger partial charge on any atom is -0.508 e. The summed E-state index contributed by atoms with van der Waals surface area (Å²) in [5.74, 6) is 0.666. The fourth-order valence-corrected chi connectivity index (χ4v) is 3.37. The zero-order chi connectivity index (χ0) is 24.2. The van der Waals surface area contributed by atoms with Crippen LogP contribution in [0.5, 0.6) is 5.75 Å². The van der Waals surface area contributed by atoms with Crippen LogP contribution in [0.1, 0.15) is 5.56 Å². The van der Waals surface area contributed by atoms with Crippen molar-refractivity contribution in [3.8, 4) is 23.1 Å². The minimum absolute atomic E-state index is 0.224. The lowest BCUT2D eigenvalue weighted by Crippen LogP contribution is -2.35. The molecular formula is C27H25N5OS. The van der Waals surface area contributed by atoms with Crippen molar-refractivity contribution < 1.29 is 5.11 Å². The summed E-state index contributed by atoms with van der Waals surface area (Å²) in [5.41, 5.74) is 4.11. The summed E-state index contributed by atoms with van der Waals surface area (Å²) in [6.45, 7) is 0.554. The molecule has 0 radical (unpaired) electrons. The number of nitrogens with one attached hydrogen (secondary N) is 1. The zero-order valence-electron chi connectivity index (χ0n) is 18.7. The second-order valence-corrected chi connectivity index (χ2v) is 7.77. The van der Waals surface area contributed by atoms with E-state index < -0.39 is 0 Å². The summed E-state index contributed by atoms with van der Waals surface area (Å²) in [4.78, 5) is 11.1. The van der Waals surface area contributed by atoms with Gasteiger partial charge in [0.15, 0.2) is 6.19 Å². The lowest BCUT2D eigenvalue weighted by molar-refractivity contribution is 0.471. The Kier molecular flexibility index (Phi) is 9.09. The van der Waals surface area contributed by atoms with Crippen molar-refractivity contribution in [1.82, 2.24) is 15.2 Å². The van der Waals surface area contributed by atoms with Crippen LogP contribution >= 0.6 is 12.6 Å². The first-order valence-electron chi connectivity index (χ1n) is 10.5. The van der Waals surface area contributed by atoms with Crippen LogP contribution in [0.25, 0.3) is 11.1 Å². The Morgan fingerprint density at radius 1 is 0.971 bits per heavy atom. The Hall–Kier alpha value is -4.28. The van der Waals surface area contributed by atoms with Crippen molar-refractivity contribution in [1.29, 1.82) is 5.26 Å². The van der Waals surface area contributed by atoms with Gasteiger partial charge in [-0.05, 0) is 47.0 Å². The molecule has 2 N–H and O–H groups in total. The highest BCUT2D eigenvalue weighted by atomic mass is 32.1. The summed E-state index contributed by atoms with van der Waals surface area (Å²) in [6.07, 6.45) is 5.17. The Labute approximate surface area is 205 Å². The molecule has 1 heterocycles. The first-order valence-corrected chi connectivity index (χ1v) is 11.0. The van der Waals surface area contributed by atoms with Crippen molar-refractivity contribution in [3.63, 3.8) is 0 Å². The lowest BCUT2D eigenvalue weighted by Gasteiger charge is -2.19. The predicted octanol–water partition coefficient (Wildman–Crippen LogP) is 5.62. The summed E-state index contributed by atoms with van der Waals surface area (Å²) < 4.78 is 0. The highest BCUT2D eigenvalue weighted by molar-refractivity contribution is 7.80. The maximum Gasteiger partial charge on any atom is 0.212 e. The van der Waals surface area contributed by atoms with Crippen LogP contribution in [0.15, 0.2) is 113 Å². The Morgan fingerprint density at radius 3 is 2.26 bits per heavy atom. The number of nitriles is 1. The number of phenols is 1. The third-order valence-corrected chi connectivity index (χ3v) is 5.16. The molecule has 4 aromatic rings. The minimum atomic E-state index is 0.224. The van der Waals surface area contributed by atoms with E-state index in [1.54, 1.807) is 36.7 Å². The van der Waals surface area contributed by atoms with Crippen molar-refractivity contribution in [3.05, 3.63) is 109 Å².